The minimum absolute atomic E-state index is 0.0835. The summed E-state index contributed by atoms with van der Waals surface area (Å²) in [7, 11) is -4.80. The zero-order valence-corrected chi connectivity index (χ0v) is 19.1. The van der Waals surface area contributed by atoms with Gasteiger partial charge in [-0.05, 0) is 52.9 Å². The molecule has 4 rings (SSSR count). The molecular weight excluding hydrogens is 444 g/mol. The Bertz CT molecular complexity index is 984. The van der Waals surface area contributed by atoms with Crippen LogP contribution in [0.3, 0.4) is 0 Å². The first-order valence-corrected chi connectivity index (χ1v) is 12.0. The van der Waals surface area contributed by atoms with Crippen LogP contribution in [0.25, 0.3) is 0 Å². The van der Waals surface area contributed by atoms with Crippen LogP contribution in [0, 0.1) is 0 Å². The Kier molecular flexibility index (Phi) is 5.84. The van der Waals surface area contributed by atoms with Gasteiger partial charge in [0.15, 0.2) is 5.76 Å². The van der Waals surface area contributed by atoms with Crippen LogP contribution < -0.4 is 0 Å². The first-order valence-electron chi connectivity index (χ1n) is 10.6. The van der Waals surface area contributed by atoms with Crippen molar-refractivity contribution in [3.05, 3.63) is 17.5 Å². The lowest BCUT2D eigenvalue weighted by Crippen LogP contribution is -2.45. The van der Waals surface area contributed by atoms with Crippen molar-refractivity contribution in [2.75, 3.05) is 6.54 Å². The average Bonchev–Trinajstić information content (AvgIpc) is 3.17. The number of piperidine rings is 1. The highest BCUT2D eigenvalue weighted by Gasteiger charge is 2.48. The standard InChI is InChI=1S/C19H28N4O8S/c1-19(2,3)29-18(25)21(12-5-4-6-12)11-14-9-15(20-30-14)16-8-7-13-10-22(16)17(24)23(13)31-32(26,27)28/h9,12-13,16H,4-8,10-11H2,1-3H3,(H,26,27,28)/t13-,16+/m1/s1. The van der Waals surface area contributed by atoms with Crippen LogP contribution in [0.5, 0.6) is 0 Å². The molecule has 32 heavy (non-hydrogen) atoms. The molecular formula is C19H28N4O8S. The molecule has 1 N–H and O–H groups in total. The van der Waals surface area contributed by atoms with Gasteiger partial charge in [0, 0.05) is 18.7 Å². The molecule has 0 spiro atoms. The van der Waals surface area contributed by atoms with Crippen LogP contribution in [0.4, 0.5) is 9.59 Å². The van der Waals surface area contributed by atoms with E-state index < -0.39 is 40.2 Å². The number of hydrogen-bond acceptors (Lipinski definition) is 8. The van der Waals surface area contributed by atoms with Gasteiger partial charge < -0.3 is 14.2 Å². The van der Waals surface area contributed by atoms with Gasteiger partial charge in [0.1, 0.15) is 11.3 Å². The van der Waals surface area contributed by atoms with Crippen molar-refractivity contribution in [3.8, 4) is 0 Å². The zero-order valence-electron chi connectivity index (χ0n) is 18.3. The van der Waals surface area contributed by atoms with Gasteiger partial charge in [-0.25, -0.2) is 9.59 Å². The molecule has 0 aromatic carbocycles. The molecule has 2 saturated heterocycles. The van der Waals surface area contributed by atoms with E-state index in [1.807, 2.05) is 20.8 Å². The molecule has 12 nitrogen and oxygen atoms in total. The number of urea groups is 1. The minimum atomic E-state index is -4.80. The lowest BCUT2D eigenvalue weighted by Gasteiger charge is -2.37. The normalized spacial score (nSPS) is 23.9. The Morgan fingerprint density at radius 1 is 1.31 bits per heavy atom. The van der Waals surface area contributed by atoms with Crippen LogP contribution in [0.1, 0.15) is 70.4 Å². The summed E-state index contributed by atoms with van der Waals surface area (Å²) in [5.41, 5.74) is -0.102. The summed E-state index contributed by atoms with van der Waals surface area (Å²) in [6.45, 7) is 5.89. The quantitative estimate of drug-likeness (QED) is 0.618. The van der Waals surface area contributed by atoms with Gasteiger partial charge in [0.25, 0.3) is 0 Å². The number of hydrogen-bond donors (Lipinski definition) is 1. The molecule has 2 atom stereocenters. The summed E-state index contributed by atoms with van der Waals surface area (Å²) in [6.07, 6.45) is 3.43. The lowest BCUT2D eigenvalue weighted by molar-refractivity contribution is -0.0317. The van der Waals surface area contributed by atoms with E-state index in [1.54, 1.807) is 11.0 Å². The number of aromatic nitrogens is 1. The fourth-order valence-corrected chi connectivity index (χ4v) is 4.62. The van der Waals surface area contributed by atoms with Crippen LogP contribution in [0.15, 0.2) is 10.6 Å². The number of ether oxygens (including phenoxy) is 1. The van der Waals surface area contributed by atoms with Crippen molar-refractivity contribution in [2.45, 2.75) is 83.1 Å². The van der Waals surface area contributed by atoms with Crippen LogP contribution >= 0.6 is 0 Å². The Hall–Kier alpha value is -2.38. The van der Waals surface area contributed by atoms with Crippen molar-refractivity contribution in [3.63, 3.8) is 0 Å². The van der Waals surface area contributed by atoms with Crippen molar-refractivity contribution in [2.24, 2.45) is 0 Å². The molecule has 13 heteroatoms. The van der Waals surface area contributed by atoms with Crippen molar-refractivity contribution in [1.82, 2.24) is 20.0 Å². The molecule has 3 amide bonds. The van der Waals surface area contributed by atoms with E-state index in [0.717, 1.165) is 19.3 Å². The van der Waals surface area contributed by atoms with Gasteiger partial charge in [-0.2, -0.15) is 13.5 Å². The van der Waals surface area contributed by atoms with E-state index in [9.17, 15) is 18.0 Å². The molecule has 1 aromatic heterocycles. The minimum Gasteiger partial charge on any atom is -0.444 e. The highest BCUT2D eigenvalue weighted by atomic mass is 32.3. The largest absolute Gasteiger partial charge is 0.444 e. The number of rotatable bonds is 6. The molecule has 0 radical (unpaired) electrons. The van der Waals surface area contributed by atoms with Crippen molar-refractivity contribution >= 4 is 22.5 Å². The van der Waals surface area contributed by atoms with E-state index in [0.29, 0.717) is 29.4 Å². The maximum atomic E-state index is 12.7. The van der Waals surface area contributed by atoms with Crippen LogP contribution in [0.2, 0.25) is 0 Å². The number of carbonyl (C=O) groups is 2. The van der Waals surface area contributed by atoms with Gasteiger partial charge in [-0.3, -0.25) is 9.45 Å². The summed E-state index contributed by atoms with van der Waals surface area (Å²) in [5.74, 6) is 0.470. The monoisotopic (exact) mass is 472 g/mol. The predicted octanol–water partition coefficient (Wildman–Crippen LogP) is 2.64. The van der Waals surface area contributed by atoms with Gasteiger partial charge in [-0.1, -0.05) is 5.16 Å². The summed E-state index contributed by atoms with van der Waals surface area (Å²) >= 11 is 0. The maximum absolute atomic E-state index is 12.7. The Labute approximate surface area is 186 Å². The smallest absolute Gasteiger partial charge is 0.418 e. The molecule has 0 unspecified atom stereocenters. The number of fused-ring (bicyclic) bond motifs is 2. The van der Waals surface area contributed by atoms with Crippen molar-refractivity contribution < 1.29 is 36.1 Å². The predicted molar refractivity (Wildman–Crippen MR) is 108 cm³/mol. The highest BCUT2D eigenvalue weighted by Crippen LogP contribution is 2.38. The molecule has 3 aliphatic rings. The summed E-state index contributed by atoms with van der Waals surface area (Å²) in [4.78, 5) is 28.4. The Morgan fingerprint density at radius 2 is 2.03 bits per heavy atom. The molecule has 3 heterocycles. The topological polar surface area (TPSA) is 143 Å². The second-order valence-electron chi connectivity index (χ2n) is 9.42. The first kappa shape index (κ1) is 22.8. The number of hydroxylamine groups is 2. The van der Waals surface area contributed by atoms with Gasteiger partial charge in [-0.15, -0.1) is 4.28 Å². The van der Waals surface area contributed by atoms with E-state index in [1.165, 1.54) is 4.90 Å². The summed E-state index contributed by atoms with van der Waals surface area (Å²) in [6, 6.07) is 0.226. The fraction of sp³-hybridized carbons (Fsp3) is 0.737. The van der Waals surface area contributed by atoms with E-state index in [-0.39, 0.29) is 19.1 Å². The maximum Gasteiger partial charge on any atom is 0.418 e. The van der Waals surface area contributed by atoms with Crippen LogP contribution in [-0.4, -0.2) is 69.3 Å². The van der Waals surface area contributed by atoms with Gasteiger partial charge in [0.2, 0.25) is 0 Å². The SMILES string of the molecule is CC(C)(C)OC(=O)N(Cc1cc([C@@H]2CC[C@@H]3CN2C(=O)N3OS(=O)(=O)O)no1)C1CCC1. The molecule has 3 fully saturated rings. The molecule has 178 valence electrons. The molecule has 2 aliphatic heterocycles. The van der Waals surface area contributed by atoms with E-state index in [2.05, 4.69) is 9.44 Å². The fourth-order valence-electron chi connectivity index (χ4n) is 4.23. The second kappa shape index (κ2) is 8.19. The number of nitrogens with zero attached hydrogens (tertiary/aromatic N) is 4. The zero-order chi connectivity index (χ0) is 23.3. The Balaban J connectivity index is 1.46. The molecule has 2 bridgehead atoms. The van der Waals surface area contributed by atoms with Crippen molar-refractivity contribution in [1.29, 1.82) is 0 Å². The van der Waals surface area contributed by atoms with E-state index >= 15 is 0 Å². The van der Waals surface area contributed by atoms with Gasteiger partial charge in [0.05, 0.1) is 18.6 Å². The third kappa shape index (κ3) is 4.84. The molecule has 1 saturated carbocycles. The number of amides is 3. The number of carbonyl (C=O) groups excluding carboxylic acids is 2. The average molecular weight is 473 g/mol. The van der Waals surface area contributed by atoms with E-state index in [4.69, 9.17) is 13.8 Å². The Morgan fingerprint density at radius 3 is 2.62 bits per heavy atom. The molecule has 1 aliphatic carbocycles. The van der Waals surface area contributed by atoms with Crippen LogP contribution in [-0.2, 0) is 26.0 Å². The summed E-state index contributed by atoms with van der Waals surface area (Å²) in [5, 5.41) is 4.80. The second-order valence-corrected chi connectivity index (χ2v) is 10.4. The third-order valence-electron chi connectivity index (χ3n) is 5.89. The third-order valence-corrected chi connectivity index (χ3v) is 6.23. The first-order chi connectivity index (χ1) is 14.9. The highest BCUT2D eigenvalue weighted by molar-refractivity contribution is 7.80. The lowest BCUT2D eigenvalue weighted by atomic mass is 9.91. The molecule has 1 aromatic rings. The summed E-state index contributed by atoms with van der Waals surface area (Å²) < 4.78 is 46.5. The van der Waals surface area contributed by atoms with Gasteiger partial charge >= 0.3 is 22.5 Å².